The van der Waals surface area contributed by atoms with Gasteiger partial charge in [-0.3, -0.25) is 24.4 Å². The second-order valence-electron chi connectivity index (χ2n) is 15.1. The van der Waals surface area contributed by atoms with E-state index < -0.39 is 42.4 Å². The number of anilines is 1. The van der Waals surface area contributed by atoms with Crippen molar-refractivity contribution in [1.29, 1.82) is 0 Å². The van der Waals surface area contributed by atoms with Crippen LogP contribution in [0.15, 0.2) is 114 Å². The number of nitro groups is 1. The summed E-state index contributed by atoms with van der Waals surface area (Å²) in [4.78, 5) is 41.5. The van der Waals surface area contributed by atoms with Crippen LogP contribution in [0.2, 0.25) is 18.6 Å². The van der Waals surface area contributed by atoms with Crippen LogP contribution in [-0.4, -0.2) is 61.8 Å². The number of amides is 1. The summed E-state index contributed by atoms with van der Waals surface area (Å²) >= 11 is 0. The van der Waals surface area contributed by atoms with Crippen molar-refractivity contribution in [2.45, 2.75) is 62.7 Å². The number of hydrogen-bond donors (Lipinski definition) is 1. The van der Waals surface area contributed by atoms with Gasteiger partial charge in [-0.15, -0.1) is 5.10 Å². The minimum Gasteiger partial charge on any atom is -0.395 e. The van der Waals surface area contributed by atoms with Crippen LogP contribution in [0.4, 0.5) is 15.5 Å². The van der Waals surface area contributed by atoms with Crippen molar-refractivity contribution in [3.05, 3.63) is 152 Å². The van der Waals surface area contributed by atoms with Gasteiger partial charge in [-0.1, -0.05) is 72.8 Å². The summed E-state index contributed by atoms with van der Waals surface area (Å²) < 4.78 is 26.3. The van der Waals surface area contributed by atoms with Gasteiger partial charge in [0.15, 0.2) is 5.60 Å². The number of aromatic nitrogens is 5. The fraction of sp³-hybridized carbons (Fsp3) is 0.293. The molecule has 1 spiro atoms. The van der Waals surface area contributed by atoms with E-state index in [2.05, 4.69) is 15.4 Å². The van der Waals surface area contributed by atoms with Crippen LogP contribution in [0.1, 0.15) is 41.6 Å². The molecule has 0 radical (unpaired) electrons. The minimum absolute atomic E-state index is 0.0542. The number of nitro benzene ring substituents is 1. The standard InChI is InChI=1S/C41H40FN7O6Si/c1-26-38(56(2,3)42)37(18-19-46-24-35(44-45-46)33(25-50)28-11-5-4-6-12-28)55-41(26)34-21-31(49(53)54)16-17-36(34)47(40(41)52)23-27-10-9-14-30(20-27)48-39(51)32-15-8-7-13-29(32)22-43-48/h4-17,20-22,24,26,33,37-38,50H,18-19,23,25H2,1-3H3/t26-,33?,37+,38-,41+/m1/s1. The Balaban J connectivity index is 1.12. The molecule has 56 heavy (non-hydrogen) atoms. The van der Waals surface area contributed by atoms with Gasteiger partial charge in [0.2, 0.25) is 8.41 Å². The van der Waals surface area contributed by atoms with Crippen LogP contribution in [0.25, 0.3) is 16.5 Å². The zero-order chi connectivity index (χ0) is 39.4. The number of aryl methyl sites for hydroxylation is 1. The lowest BCUT2D eigenvalue weighted by atomic mass is 9.82. The molecule has 2 aliphatic heterocycles. The number of aliphatic hydroxyl groups is 1. The zero-order valence-corrected chi connectivity index (χ0v) is 32.0. The first kappa shape index (κ1) is 37.0. The molecule has 1 N–H and O–H groups in total. The summed E-state index contributed by atoms with van der Waals surface area (Å²) in [6, 6.07) is 28.1. The van der Waals surface area contributed by atoms with Gasteiger partial charge in [0.1, 0.15) is 0 Å². The Morgan fingerprint density at radius 1 is 1.02 bits per heavy atom. The first-order valence-corrected chi connectivity index (χ1v) is 21.5. The van der Waals surface area contributed by atoms with Crippen LogP contribution in [0.5, 0.6) is 0 Å². The Kier molecular flexibility index (Phi) is 9.46. The number of non-ortho nitro benzene ring substituents is 1. The molecule has 2 aromatic heterocycles. The summed E-state index contributed by atoms with van der Waals surface area (Å²) in [6.07, 6.45) is 2.95. The lowest BCUT2D eigenvalue weighted by Gasteiger charge is -2.31. The van der Waals surface area contributed by atoms with E-state index in [9.17, 15) is 24.8 Å². The van der Waals surface area contributed by atoms with Crippen LogP contribution in [0, 0.1) is 16.0 Å². The van der Waals surface area contributed by atoms with Crippen LogP contribution in [-0.2, 0) is 28.2 Å². The molecule has 0 bridgehead atoms. The summed E-state index contributed by atoms with van der Waals surface area (Å²) in [5, 5.41) is 36.5. The third kappa shape index (κ3) is 6.30. The number of fused-ring (bicyclic) bond motifs is 3. The van der Waals surface area contributed by atoms with Crippen LogP contribution < -0.4 is 10.5 Å². The van der Waals surface area contributed by atoms with Gasteiger partial charge in [-0.2, -0.15) is 9.78 Å². The molecule has 286 valence electrons. The Bertz CT molecular complexity index is 2520. The van der Waals surface area contributed by atoms with Gasteiger partial charge in [0.05, 0.1) is 58.7 Å². The molecule has 1 fully saturated rings. The van der Waals surface area contributed by atoms with E-state index in [4.69, 9.17) is 4.74 Å². The van der Waals surface area contributed by atoms with Crippen molar-refractivity contribution in [2.24, 2.45) is 5.92 Å². The maximum atomic E-state index is 16.5. The van der Waals surface area contributed by atoms with E-state index in [1.807, 2.05) is 48.5 Å². The third-order valence-electron chi connectivity index (χ3n) is 11.3. The zero-order valence-electron chi connectivity index (χ0n) is 31.0. The summed E-state index contributed by atoms with van der Waals surface area (Å²) in [5.41, 5.74) is 0.593. The van der Waals surface area contributed by atoms with Gasteiger partial charge in [0, 0.05) is 47.3 Å². The lowest BCUT2D eigenvalue weighted by molar-refractivity contribution is -0.385. The minimum atomic E-state index is -3.54. The molecule has 1 amide bonds. The predicted octanol–water partition coefficient (Wildman–Crippen LogP) is 6.42. The molecule has 1 saturated heterocycles. The van der Waals surface area contributed by atoms with E-state index >= 15 is 4.11 Å². The SMILES string of the molecule is C[C@@H]1[C@@H]([Si](C)(C)F)[C@H](CCn2cc(C(CO)c3ccccc3)nn2)O[C@@]12C(=O)N(Cc1cccc(-n3ncc4ccccc4c3=O)c1)c1ccc([N+](=O)[O-])cc12. The maximum absolute atomic E-state index is 16.5. The molecule has 0 saturated carbocycles. The number of carbonyl (C=O) groups is 1. The second kappa shape index (κ2) is 14.3. The number of aliphatic hydroxyl groups excluding tert-OH is 1. The summed E-state index contributed by atoms with van der Waals surface area (Å²) in [5.74, 6) is -1.48. The van der Waals surface area contributed by atoms with Gasteiger partial charge in [-0.25, -0.2) is 0 Å². The average molecular weight is 774 g/mol. The number of benzene rings is 4. The lowest BCUT2D eigenvalue weighted by Crippen LogP contribution is -2.45. The highest BCUT2D eigenvalue weighted by molar-refractivity contribution is 6.72. The van der Waals surface area contributed by atoms with E-state index in [1.165, 1.54) is 16.8 Å². The van der Waals surface area contributed by atoms with Crippen molar-refractivity contribution in [3.63, 3.8) is 0 Å². The van der Waals surface area contributed by atoms with Crippen molar-refractivity contribution >= 4 is 36.5 Å². The largest absolute Gasteiger partial charge is 0.395 e. The highest BCUT2D eigenvalue weighted by Gasteiger charge is 2.67. The van der Waals surface area contributed by atoms with Gasteiger partial charge >= 0.3 is 0 Å². The number of nitrogens with zero attached hydrogens (tertiary/aromatic N) is 7. The molecule has 4 heterocycles. The number of rotatable bonds is 11. The Morgan fingerprint density at radius 2 is 1.79 bits per heavy atom. The average Bonchev–Trinajstić information content (AvgIpc) is 3.85. The fourth-order valence-corrected chi connectivity index (χ4v) is 11.3. The summed E-state index contributed by atoms with van der Waals surface area (Å²) in [7, 11) is -3.54. The van der Waals surface area contributed by atoms with Gasteiger partial charge in [0.25, 0.3) is 17.2 Å². The Labute approximate surface area is 322 Å². The maximum Gasteiger partial charge on any atom is 0.279 e. The first-order chi connectivity index (χ1) is 26.9. The van der Waals surface area contributed by atoms with Crippen molar-refractivity contribution < 1.29 is 23.7 Å². The van der Waals surface area contributed by atoms with E-state index in [1.54, 1.807) is 78.4 Å². The number of ether oxygens (including phenoxy) is 1. The molecule has 0 aliphatic carbocycles. The fourth-order valence-electron chi connectivity index (χ4n) is 8.72. The van der Waals surface area contributed by atoms with Gasteiger partial charge in [-0.05, 0) is 54.9 Å². The number of hydrogen-bond acceptors (Lipinski definition) is 9. The van der Waals surface area contributed by atoms with Crippen LogP contribution in [0.3, 0.4) is 0 Å². The second-order valence-corrected chi connectivity index (χ2v) is 18.9. The molecule has 13 nitrogen and oxygen atoms in total. The molecule has 1 unspecified atom stereocenters. The quantitative estimate of drug-likeness (QED) is 0.0679. The van der Waals surface area contributed by atoms with Crippen molar-refractivity contribution in [1.82, 2.24) is 24.8 Å². The predicted molar refractivity (Wildman–Crippen MR) is 210 cm³/mol. The van der Waals surface area contributed by atoms with E-state index in [0.29, 0.717) is 46.5 Å². The normalized spacial score (nSPS) is 21.2. The topological polar surface area (TPSA) is 159 Å². The van der Waals surface area contributed by atoms with Crippen LogP contribution >= 0.6 is 0 Å². The molecule has 5 atom stereocenters. The molecular formula is C41H40FN7O6Si. The molecule has 4 aromatic carbocycles. The van der Waals surface area contributed by atoms with Crippen molar-refractivity contribution in [2.75, 3.05) is 11.5 Å². The Hall–Kier alpha value is -5.90. The van der Waals surface area contributed by atoms with E-state index in [0.717, 1.165) is 10.9 Å². The van der Waals surface area contributed by atoms with Crippen molar-refractivity contribution in [3.8, 4) is 5.69 Å². The summed E-state index contributed by atoms with van der Waals surface area (Å²) in [6.45, 7) is 5.19. The van der Waals surface area contributed by atoms with Gasteiger partial charge < -0.3 is 18.9 Å². The number of carbonyl (C=O) groups excluding carboxylic acids is 1. The monoisotopic (exact) mass is 773 g/mol. The smallest absolute Gasteiger partial charge is 0.279 e. The third-order valence-corrected chi connectivity index (χ3v) is 13.7. The number of halogens is 1. The molecule has 2 aliphatic rings. The van der Waals surface area contributed by atoms with E-state index in [-0.39, 0.29) is 30.3 Å². The first-order valence-electron chi connectivity index (χ1n) is 18.5. The Morgan fingerprint density at radius 3 is 2.54 bits per heavy atom. The molecule has 6 aromatic rings. The molecular weight excluding hydrogens is 734 g/mol. The highest BCUT2D eigenvalue weighted by Crippen LogP contribution is 2.60. The highest BCUT2D eigenvalue weighted by atomic mass is 28.4. The molecule has 8 rings (SSSR count). The molecule has 15 heteroatoms.